The Bertz CT molecular complexity index is 1010. The molecule has 6 rings (SSSR count). The average molecular weight is 517 g/mol. The zero-order valence-electron chi connectivity index (χ0n) is 22.5. The van der Waals surface area contributed by atoms with Gasteiger partial charge < -0.3 is 19.7 Å². The van der Waals surface area contributed by atoms with Crippen molar-refractivity contribution in [2.24, 2.45) is 5.41 Å². The van der Waals surface area contributed by atoms with Crippen LogP contribution in [-0.2, 0) is 17.7 Å². The van der Waals surface area contributed by atoms with Gasteiger partial charge in [0, 0.05) is 50.2 Å². The number of likely N-dealkylation sites (tertiary alicyclic amines) is 1. The lowest BCUT2D eigenvalue weighted by Gasteiger charge is -2.42. The van der Waals surface area contributed by atoms with Gasteiger partial charge in [-0.05, 0) is 65.8 Å². The maximum absolute atomic E-state index is 13.7. The molecule has 0 aromatic carbocycles. The number of halogens is 1. The number of amides is 1. The number of ether oxygens (including phenoxy) is 2. The first kappa shape index (κ1) is 25.1. The van der Waals surface area contributed by atoms with Crippen LogP contribution in [0.15, 0.2) is 0 Å². The molecule has 0 radical (unpaired) electrons. The predicted molar refractivity (Wildman–Crippen MR) is 138 cm³/mol. The second-order valence-electron chi connectivity index (χ2n) is 12.8. The van der Waals surface area contributed by atoms with E-state index < -0.39 is 11.8 Å². The highest BCUT2D eigenvalue weighted by Crippen LogP contribution is 2.47. The van der Waals surface area contributed by atoms with Gasteiger partial charge in [-0.15, -0.1) is 0 Å². The van der Waals surface area contributed by atoms with E-state index in [2.05, 4.69) is 15.1 Å². The van der Waals surface area contributed by atoms with Crippen LogP contribution in [0.5, 0.6) is 6.01 Å². The molecule has 2 bridgehead atoms. The van der Waals surface area contributed by atoms with E-state index >= 15 is 0 Å². The van der Waals surface area contributed by atoms with Gasteiger partial charge >= 0.3 is 12.1 Å². The van der Waals surface area contributed by atoms with E-state index in [1.165, 1.54) is 5.56 Å². The van der Waals surface area contributed by atoms with Crippen molar-refractivity contribution in [2.45, 2.75) is 89.7 Å². The lowest BCUT2D eigenvalue weighted by molar-refractivity contribution is 0.0122. The van der Waals surface area contributed by atoms with Crippen molar-refractivity contribution < 1.29 is 18.7 Å². The first-order valence-corrected chi connectivity index (χ1v) is 14.0. The van der Waals surface area contributed by atoms with E-state index in [0.29, 0.717) is 32.1 Å². The van der Waals surface area contributed by atoms with Crippen LogP contribution in [0.1, 0.15) is 64.1 Å². The van der Waals surface area contributed by atoms with Crippen LogP contribution in [0.2, 0.25) is 0 Å². The van der Waals surface area contributed by atoms with Crippen LogP contribution in [0.25, 0.3) is 0 Å². The summed E-state index contributed by atoms with van der Waals surface area (Å²) in [5.41, 5.74) is 1.81. The van der Waals surface area contributed by atoms with Gasteiger partial charge in [-0.1, -0.05) is 0 Å². The molecule has 9 nitrogen and oxygen atoms in total. The minimum Gasteiger partial charge on any atom is -0.463 e. The molecule has 37 heavy (non-hydrogen) atoms. The van der Waals surface area contributed by atoms with Gasteiger partial charge in [-0.2, -0.15) is 9.97 Å². The van der Waals surface area contributed by atoms with Crippen molar-refractivity contribution in [3.63, 3.8) is 0 Å². The Balaban J connectivity index is 1.17. The number of alkyl halides is 1. The average Bonchev–Trinajstić information content (AvgIpc) is 3.40. The van der Waals surface area contributed by atoms with Crippen LogP contribution in [0, 0.1) is 5.41 Å². The number of nitrogens with one attached hydrogen (secondary N) is 1. The summed E-state index contributed by atoms with van der Waals surface area (Å²) >= 11 is 0. The molecule has 1 amide bonds. The van der Waals surface area contributed by atoms with E-state index in [1.807, 2.05) is 25.7 Å². The molecule has 4 fully saturated rings. The van der Waals surface area contributed by atoms with Crippen LogP contribution in [0.3, 0.4) is 0 Å². The highest BCUT2D eigenvalue weighted by atomic mass is 19.1. The van der Waals surface area contributed by atoms with Crippen molar-refractivity contribution in [3.8, 4) is 6.01 Å². The van der Waals surface area contributed by atoms with Gasteiger partial charge in [0.25, 0.3) is 0 Å². The Morgan fingerprint density at radius 3 is 2.54 bits per heavy atom. The van der Waals surface area contributed by atoms with Gasteiger partial charge in [0.2, 0.25) is 0 Å². The Kier molecular flexibility index (Phi) is 6.46. The zero-order chi connectivity index (χ0) is 25.8. The molecule has 204 valence electrons. The van der Waals surface area contributed by atoms with Crippen LogP contribution < -0.4 is 15.0 Å². The minimum absolute atomic E-state index is 0.0971. The Morgan fingerprint density at radius 2 is 1.89 bits per heavy atom. The molecule has 0 spiro atoms. The number of anilines is 1. The molecular weight excluding hydrogens is 475 g/mol. The highest BCUT2D eigenvalue weighted by Gasteiger charge is 2.47. The van der Waals surface area contributed by atoms with Crippen molar-refractivity contribution in [2.75, 3.05) is 50.8 Å². The Labute approximate surface area is 219 Å². The molecule has 1 N–H and O–H groups in total. The fourth-order valence-electron chi connectivity index (χ4n) is 6.48. The van der Waals surface area contributed by atoms with E-state index in [1.54, 1.807) is 0 Å². The van der Waals surface area contributed by atoms with Gasteiger partial charge in [-0.3, -0.25) is 9.80 Å². The topological polar surface area (TPSA) is 83.1 Å². The van der Waals surface area contributed by atoms with E-state index in [9.17, 15) is 9.18 Å². The number of fused-ring (bicyclic) bond motifs is 3. The molecular formula is C27H41FN6O3. The van der Waals surface area contributed by atoms with Crippen LogP contribution >= 0.6 is 0 Å². The molecule has 4 aliphatic heterocycles. The van der Waals surface area contributed by atoms with Gasteiger partial charge in [-0.25, -0.2) is 9.18 Å². The number of hydrogen-bond donors (Lipinski definition) is 1. The van der Waals surface area contributed by atoms with Crippen LogP contribution in [-0.4, -0.2) is 95.6 Å². The van der Waals surface area contributed by atoms with Gasteiger partial charge in [0.15, 0.2) is 0 Å². The minimum atomic E-state index is -0.693. The second-order valence-corrected chi connectivity index (χ2v) is 12.8. The Morgan fingerprint density at radius 1 is 1.14 bits per heavy atom. The molecule has 3 saturated heterocycles. The lowest BCUT2D eigenvalue weighted by atomic mass is 10.1. The smallest absolute Gasteiger partial charge is 0.410 e. The summed E-state index contributed by atoms with van der Waals surface area (Å²) in [7, 11) is 0. The normalized spacial score (nSPS) is 28.8. The monoisotopic (exact) mass is 516 g/mol. The van der Waals surface area contributed by atoms with Crippen molar-refractivity contribution in [3.05, 3.63) is 11.3 Å². The second kappa shape index (κ2) is 9.52. The molecule has 1 aromatic heterocycles. The molecule has 1 aliphatic carbocycles. The SMILES string of the molecule is CC(C)(C)OC(=O)N1C2CCC1CN(c1nc(OCC3(CN4CC[C@@H](F)C4)CC3)nc3c1CCNC3)C2. The number of carbonyl (C=O) groups excluding carboxylic acids is 1. The summed E-state index contributed by atoms with van der Waals surface area (Å²) in [5.74, 6) is 0.965. The molecule has 1 saturated carbocycles. The number of nitrogens with zero attached hydrogens (tertiary/aromatic N) is 5. The van der Waals surface area contributed by atoms with Crippen molar-refractivity contribution >= 4 is 11.9 Å². The van der Waals surface area contributed by atoms with Crippen LogP contribution in [0.4, 0.5) is 15.0 Å². The molecule has 1 aromatic rings. The maximum Gasteiger partial charge on any atom is 0.410 e. The summed E-state index contributed by atoms with van der Waals surface area (Å²) in [6, 6.07) is 0.690. The molecule has 3 atom stereocenters. The molecule has 10 heteroatoms. The first-order chi connectivity index (χ1) is 17.7. The number of hydrogen-bond acceptors (Lipinski definition) is 8. The van der Waals surface area contributed by atoms with Crippen molar-refractivity contribution in [1.82, 2.24) is 25.1 Å². The zero-order valence-corrected chi connectivity index (χ0v) is 22.5. The van der Waals surface area contributed by atoms with Gasteiger partial charge in [0.05, 0.1) is 24.4 Å². The summed E-state index contributed by atoms with van der Waals surface area (Å²) in [4.78, 5) is 29.3. The fourth-order valence-corrected chi connectivity index (χ4v) is 6.48. The van der Waals surface area contributed by atoms with E-state index in [-0.39, 0.29) is 23.6 Å². The third-order valence-corrected chi connectivity index (χ3v) is 8.52. The van der Waals surface area contributed by atoms with E-state index in [0.717, 1.165) is 76.3 Å². The summed E-state index contributed by atoms with van der Waals surface area (Å²) < 4.78 is 25.7. The maximum atomic E-state index is 13.7. The summed E-state index contributed by atoms with van der Waals surface area (Å²) in [6.07, 6.45) is 4.81. The number of piperazine rings is 1. The quantitative estimate of drug-likeness (QED) is 0.618. The lowest BCUT2D eigenvalue weighted by Crippen LogP contribution is -2.57. The van der Waals surface area contributed by atoms with Gasteiger partial charge in [0.1, 0.15) is 17.6 Å². The number of aromatic nitrogens is 2. The third-order valence-electron chi connectivity index (χ3n) is 8.52. The third kappa shape index (κ3) is 5.37. The first-order valence-electron chi connectivity index (χ1n) is 14.0. The summed E-state index contributed by atoms with van der Waals surface area (Å²) in [5, 5.41) is 3.43. The highest BCUT2D eigenvalue weighted by molar-refractivity contribution is 5.70. The molecule has 5 heterocycles. The molecule has 5 aliphatic rings. The van der Waals surface area contributed by atoms with Crippen molar-refractivity contribution in [1.29, 1.82) is 0 Å². The predicted octanol–water partition coefficient (Wildman–Crippen LogP) is 2.91. The van der Waals surface area contributed by atoms with E-state index in [4.69, 9.17) is 19.4 Å². The molecule has 2 unspecified atom stereocenters. The Hall–Kier alpha value is -2.20. The number of rotatable bonds is 6. The summed E-state index contributed by atoms with van der Waals surface area (Å²) in [6.45, 7) is 11.7. The largest absolute Gasteiger partial charge is 0.463 e. The standard InChI is InChI=1S/C27H41FN6O3/c1-26(2,3)37-25(35)34-19-4-5-20(34)15-33(14-19)23-21-6-10-29-12-22(21)30-24(31-23)36-17-27(8-9-27)16-32-11-7-18(28)13-32/h18-20,29H,4-17H2,1-3H3/t18-,19?,20?/m1/s1. The number of carbonyl (C=O) groups is 1. The fraction of sp³-hybridized carbons (Fsp3) is 0.815.